The van der Waals surface area contributed by atoms with Gasteiger partial charge in [0, 0.05) is 25.0 Å². The third-order valence-electron chi connectivity index (χ3n) is 5.28. The van der Waals surface area contributed by atoms with Crippen LogP contribution in [0.25, 0.3) is 0 Å². The van der Waals surface area contributed by atoms with E-state index in [0.717, 1.165) is 18.2 Å². The van der Waals surface area contributed by atoms with Gasteiger partial charge in [-0.25, -0.2) is 9.37 Å². The number of alkyl halides is 3. The van der Waals surface area contributed by atoms with Crippen molar-refractivity contribution in [1.82, 2.24) is 4.98 Å². The largest absolute Gasteiger partial charge is 0.416 e. The van der Waals surface area contributed by atoms with Gasteiger partial charge >= 0.3 is 6.18 Å². The van der Waals surface area contributed by atoms with Crippen LogP contribution in [0.4, 0.5) is 29.1 Å². The molecule has 0 saturated carbocycles. The minimum atomic E-state index is -4.58. The van der Waals surface area contributed by atoms with E-state index in [1.54, 1.807) is 6.92 Å². The number of anilines is 2. The molecule has 2 atom stereocenters. The second-order valence-electron chi connectivity index (χ2n) is 7.87. The number of carbonyl (C=O) groups is 1. The summed E-state index contributed by atoms with van der Waals surface area (Å²) in [6, 6.07) is 6.78. The van der Waals surface area contributed by atoms with E-state index in [9.17, 15) is 27.6 Å². The van der Waals surface area contributed by atoms with Gasteiger partial charge in [0.1, 0.15) is 17.7 Å². The summed E-state index contributed by atoms with van der Waals surface area (Å²) in [5, 5.41) is 9.42. The molecule has 1 aliphatic rings. The Bertz CT molecular complexity index is 1070. The zero-order valence-electron chi connectivity index (χ0n) is 17.0. The predicted molar refractivity (Wildman–Crippen MR) is 108 cm³/mol. The van der Waals surface area contributed by atoms with Crippen molar-refractivity contribution in [3.05, 3.63) is 52.4 Å². The molecule has 31 heavy (non-hydrogen) atoms. The first-order valence-corrected chi connectivity index (χ1v) is 9.69. The number of carbonyl (C=O) groups excluding carboxylic acids is 1. The number of pyridine rings is 1. The highest BCUT2D eigenvalue weighted by Crippen LogP contribution is 2.40. The Kier molecular flexibility index (Phi) is 5.89. The number of amides is 1. The fourth-order valence-corrected chi connectivity index (χ4v) is 3.81. The summed E-state index contributed by atoms with van der Waals surface area (Å²) < 4.78 is 53.4. The van der Waals surface area contributed by atoms with E-state index in [1.807, 2.05) is 0 Å². The first-order valence-electron chi connectivity index (χ1n) is 9.31. The maximum atomic E-state index is 13.5. The molecule has 5 nitrogen and oxygen atoms in total. The molecule has 1 saturated heterocycles. The molecule has 1 unspecified atom stereocenters. The minimum absolute atomic E-state index is 0.0322. The number of nitriles is 1. The molecule has 1 aromatic carbocycles. The number of rotatable bonds is 3. The van der Waals surface area contributed by atoms with Crippen LogP contribution in [0.2, 0.25) is 5.02 Å². The molecule has 1 aliphatic heterocycles. The van der Waals surface area contributed by atoms with Crippen LogP contribution in [0.1, 0.15) is 24.6 Å². The van der Waals surface area contributed by atoms with E-state index in [2.05, 4.69) is 11.1 Å². The summed E-state index contributed by atoms with van der Waals surface area (Å²) in [7, 11) is 1.46. The Hall–Kier alpha value is -2.86. The smallest absolute Gasteiger partial charge is 0.343 e. The van der Waals surface area contributed by atoms with Crippen LogP contribution in [0, 0.1) is 29.5 Å². The highest BCUT2D eigenvalue weighted by molar-refractivity contribution is 6.31. The lowest BCUT2D eigenvalue weighted by Crippen LogP contribution is -2.44. The predicted octanol–water partition coefficient (Wildman–Crippen LogP) is 4.97. The van der Waals surface area contributed by atoms with E-state index in [-0.39, 0.29) is 29.5 Å². The topological polar surface area (TPSA) is 60.2 Å². The van der Waals surface area contributed by atoms with E-state index in [0.29, 0.717) is 5.69 Å². The third kappa shape index (κ3) is 4.59. The number of hydrogen-bond donors (Lipinski definition) is 0. The quantitative estimate of drug-likeness (QED) is 0.614. The second kappa shape index (κ2) is 8.00. The number of likely N-dealkylation sites (N-methyl/N-ethyl adjacent to an activating group) is 1. The molecule has 0 radical (unpaired) electrons. The summed E-state index contributed by atoms with van der Waals surface area (Å²) in [5.74, 6) is -1.15. The summed E-state index contributed by atoms with van der Waals surface area (Å²) in [6.45, 7) is 3.11. The number of aromatic nitrogens is 1. The third-order valence-corrected chi connectivity index (χ3v) is 5.57. The fraction of sp³-hybridized carbons (Fsp3) is 0.381. The molecule has 0 bridgehead atoms. The fourth-order valence-electron chi connectivity index (χ4n) is 3.64. The number of benzene rings is 1. The van der Waals surface area contributed by atoms with Crippen LogP contribution in [0.15, 0.2) is 30.3 Å². The molecule has 2 aromatic rings. The van der Waals surface area contributed by atoms with Gasteiger partial charge in [0.2, 0.25) is 5.91 Å². The van der Waals surface area contributed by atoms with E-state index >= 15 is 0 Å². The normalized spacial score (nSPS) is 21.1. The van der Waals surface area contributed by atoms with E-state index < -0.39 is 34.9 Å². The lowest BCUT2D eigenvalue weighted by Gasteiger charge is -2.29. The van der Waals surface area contributed by atoms with Crippen LogP contribution < -0.4 is 9.80 Å². The van der Waals surface area contributed by atoms with Gasteiger partial charge in [-0.15, -0.1) is 0 Å². The molecule has 10 heteroatoms. The first kappa shape index (κ1) is 22.8. The van der Waals surface area contributed by atoms with Crippen molar-refractivity contribution in [2.24, 2.45) is 5.41 Å². The molecule has 0 spiro atoms. The van der Waals surface area contributed by atoms with Crippen molar-refractivity contribution >= 4 is 29.0 Å². The van der Waals surface area contributed by atoms with Gasteiger partial charge in [-0.05, 0) is 50.6 Å². The van der Waals surface area contributed by atoms with E-state index in [1.165, 1.54) is 35.9 Å². The summed E-state index contributed by atoms with van der Waals surface area (Å²) in [5.41, 5.74) is -1.40. The van der Waals surface area contributed by atoms with Crippen LogP contribution in [-0.4, -0.2) is 30.5 Å². The zero-order valence-corrected chi connectivity index (χ0v) is 17.7. The molecule has 0 aliphatic carbocycles. The minimum Gasteiger partial charge on any atom is -0.343 e. The number of hydrogen-bond acceptors (Lipinski definition) is 4. The number of nitrogens with zero attached hydrogens (tertiary/aromatic N) is 4. The van der Waals surface area contributed by atoms with Crippen molar-refractivity contribution in [2.75, 3.05) is 23.4 Å². The molecule has 3 rings (SSSR count). The Morgan fingerprint density at radius 3 is 2.61 bits per heavy atom. The van der Waals surface area contributed by atoms with Gasteiger partial charge in [-0.2, -0.15) is 18.4 Å². The van der Waals surface area contributed by atoms with Gasteiger partial charge in [0.05, 0.1) is 22.1 Å². The maximum Gasteiger partial charge on any atom is 0.416 e. The van der Waals surface area contributed by atoms with Crippen molar-refractivity contribution in [3.63, 3.8) is 0 Å². The highest BCUT2D eigenvalue weighted by Gasteiger charge is 2.46. The molecular weight excluding hydrogens is 436 g/mol. The van der Waals surface area contributed by atoms with Gasteiger partial charge in [-0.3, -0.25) is 4.79 Å². The van der Waals surface area contributed by atoms with Gasteiger partial charge in [0.15, 0.2) is 0 Å². The monoisotopic (exact) mass is 454 g/mol. The highest BCUT2D eigenvalue weighted by atomic mass is 35.5. The van der Waals surface area contributed by atoms with Gasteiger partial charge in [0.25, 0.3) is 0 Å². The molecular formula is C21H19ClF4N4O. The van der Waals surface area contributed by atoms with Crippen molar-refractivity contribution in [1.29, 1.82) is 5.26 Å². The van der Waals surface area contributed by atoms with Crippen LogP contribution in [-0.2, 0) is 11.0 Å². The molecule has 1 fully saturated rings. The molecule has 2 heterocycles. The standard InChI is InChI=1S/C21H19ClF4N4O/c1-12-6-13(21(24,25)26)7-18(28-12)30-11-20(2,10-27)9-17(30)19(31)29(3)14-4-5-16(23)15(22)8-14/h4-8,17H,9,11H2,1-3H3/t17-,20?/m0/s1. The van der Waals surface area contributed by atoms with Crippen LogP contribution in [0.3, 0.4) is 0 Å². The van der Waals surface area contributed by atoms with Gasteiger partial charge < -0.3 is 9.80 Å². The molecule has 1 aromatic heterocycles. The Balaban J connectivity index is 2.01. The number of halogens is 5. The van der Waals surface area contributed by atoms with Crippen LogP contribution in [0.5, 0.6) is 0 Å². The summed E-state index contributed by atoms with van der Waals surface area (Å²) >= 11 is 5.81. The zero-order chi connectivity index (χ0) is 23.1. The average Bonchev–Trinajstić information content (AvgIpc) is 3.06. The lowest BCUT2D eigenvalue weighted by molar-refractivity contribution is -0.137. The summed E-state index contributed by atoms with van der Waals surface area (Å²) in [4.78, 5) is 20.1. The molecule has 0 N–H and O–H groups in total. The lowest BCUT2D eigenvalue weighted by atomic mass is 9.89. The Morgan fingerprint density at radius 2 is 2.03 bits per heavy atom. The Labute approximate surface area is 181 Å². The van der Waals surface area contributed by atoms with Crippen molar-refractivity contribution in [2.45, 2.75) is 32.5 Å². The average molecular weight is 455 g/mol. The first-order chi connectivity index (χ1) is 14.3. The molecule has 1 amide bonds. The SMILES string of the molecule is Cc1cc(C(F)(F)F)cc(N2CC(C)(C#N)C[C@H]2C(=O)N(C)c2ccc(F)c(Cl)c2)n1. The van der Waals surface area contributed by atoms with E-state index in [4.69, 9.17) is 11.6 Å². The second-order valence-corrected chi connectivity index (χ2v) is 8.28. The maximum absolute atomic E-state index is 13.5. The Morgan fingerprint density at radius 1 is 1.35 bits per heavy atom. The summed E-state index contributed by atoms with van der Waals surface area (Å²) in [6.07, 6.45) is -4.49. The molecule has 164 valence electrons. The number of aryl methyl sites for hydroxylation is 1. The van der Waals surface area contributed by atoms with Crippen molar-refractivity contribution in [3.8, 4) is 6.07 Å². The van der Waals surface area contributed by atoms with Crippen LogP contribution >= 0.6 is 11.6 Å². The van der Waals surface area contributed by atoms with Gasteiger partial charge in [-0.1, -0.05) is 11.6 Å². The van der Waals surface area contributed by atoms with Crippen molar-refractivity contribution < 1.29 is 22.4 Å².